The zero-order valence-electron chi connectivity index (χ0n) is 20.7. The SMILES string of the molecule is COC(=O)c1cc(Cl)cn(-c2ccc(NC(=O)[C@H]3C[C@@H](OC)CN3C(=O)Nc3ccc(Cl)cc3)c(F)c2)c1=O. The van der Waals surface area contributed by atoms with E-state index in [0.29, 0.717) is 10.7 Å². The molecule has 2 aromatic carbocycles. The Labute approximate surface area is 232 Å². The van der Waals surface area contributed by atoms with E-state index in [4.69, 9.17) is 27.9 Å². The molecule has 0 bridgehead atoms. The lowest BCUT2D eigenvalue weighted by Gasteiger charge is -2.24. The van der Waals surface area contributed by atoms with Gasteiger partial charge in [-0.25, -0.2) is 14.0 Å². The van der Waals surface area contributed by atoms with E-state index < -0.39 is 41.4 Å². The lowest BCUT2D eigenvalue weighted by molar-refractivity contribution is -0.119. The van der Waals surface area contributed by atoms with Crippen molar-refractivity contribution >= 4 is 52.5 Å². The second-order valence-electron chi connectivity index (χ2n) is 8.59. The van der Waals surface area contributed by atoms with Crippen LogP contribution in [-0.2, 0) is 14.3 Å². The first-order chi connectivity index (χ1) is 18.6. The molecule has 2 atom stereocenters. The number of pyridine rings is 1. The third kappa shape index (κ3) is 6.22. The van der Waals surface area contributed by atoms with Crippen LogP contribution in [0.1, 0.15) is 16.8 Å². The van der Waals surface area contributed by atoms with Crippen LogP contribution in [0.2, 0.25) is 10.0 Å². The fourth-order valence-electron chi connectivity index (χ4n) is 4.14. The third-order valence-electron chi connectivity index (χ3n) is 6.13. The quantitative estimate of drug-likeness (QED) is 0.421. The molecule has 204 valence electrons. The van der Waals surface area contributed by atoms with Crippen molar-refractivity contribution in [2.45, 2.75) is 18.6 Å². The number of nitrogens with one attached hydrogen (secondary N) is 2. The Morgan fingerprint density at radius 2 is 1.72 bits per heavy atom. The Morgan fingerprint density at radius 1 is 1.00 bits per heavy atom. The molecule has 1 saturated heterocycles. The predicted octanol–water partition coefficient (Wildman–Crippen LogP) is 4.33. The molecule has 1 aromatic heterocycles. The zero-order chi connectivity index (χ0) is 28.3. The van der Waals surface area contributed by atoms with Gasteiger partial charge in [0, 0.05) is 43.0 Å². The number of rotatable bonds is 6. The Kier molecular flexibility index (Phi) is 8.54. The van der Waals surface area contributed by atoms with Gasteiger partial charge in [0.05, 0.1) is 29.6 Å². The number of carbonyl (C=O) groups excluding carboxylic acids is 3. The molecule has 0 spiro atoms. The molecule has 3 aromatic rings. The first kappa shape index (κ1) is 28.1. The number of hydrogen-bond acceptors (Lipinski definition) is 6. The largest absolute Gasteiger partial charge is 0.465 e. The highest BCUT2D eigenvalue weighted by Crippen LogP contribution is 2.25. The number of anilines is 2. The Bertz CT molecular complexity index is 1480. The van der Waals surface area contributed by atoms with Gasteiger partial charge in [-0.05, 0) is 42.5 Å². The summed E-state index contributed by atoms with van der Waals surface area (Å²) in [4.78, 5) is 52.0. The highest BCUT2D eigenvalue weighted by molar-refractivity contribution is 6.31. The molecule has 0 unspecified atom stereocenters. The highest BCUT2D eigenvalue weighted by Gasteiger charge is 2.40. The molecule has 1 aliphatic rings. The standard InChI is InChI=1S/C26H23Cl2FN4O6/c1-38-18-11-22(33(13-18)26(37)30-16-5-3-14(27)4-6-16)23(34)31-21-8-7-17(10-20(21)29)32-12-15(28)9-19(24(32)35)25(36)39-2/h3-10,12,18,22H,11,13H2,1-2H3,(H,30,37)(H,31,34)/t18-,22-/m1/s1. The predicted molar refractivity (Wildman–Crippen MR) is 143 cm³/mol. The minimum absolute atomic E-state index is 0.0543. The van der Waals surface area contributed by atoms with Gasteiger partial charge in [0.1, 0.15) is 17.4 Å². The van der Waals surface area contributed by atoms with Gasteiger partial charge in [-0.1, -0.05) is 23.2 Å². The molecule has 2 N–H and O–H groups in total. The van der Waals surface area contributed by atoms with Crippen LogP contribution in [0.4, 0.5) is 20.6 Å². The smallest absolute Gasteiger partial charge is 0.343 e. The van der Waals surface area contributed by atoms with Crippen molar-refractivity contribution in [3.8, 4) is 5.69 Å². The molecule has 0 radical (unpaired) electrons. The van der Waals surface area contributed by atoms with Crippen LogP contribution in [0.5, 0.6) is 0 Å². The number of aromatic nitrogens is 1. The second-order valence-corrected chi connectivity index (χ2v) is 9.46. The normalized spacial score (nSPS) is 16.6. The highest BCUT2D eigenvalue weighted by atomic mass is 35.5. The number of urea groups is 1. The van der Waals surface area contributed by atoms with Crippen LogP contribution in [0, 0.1) is 5.82 Å². The van der Waals surface area contributed by atoms with Gasteiger partial charge in [-0.3, -0.25) is 14.2 Å². The number of nitrogens with zero attached hydrogens (tertiary/aromatic N) is 2. The van der Waals surface area contributed by atoms with Gasteiger partial charge in [-0.15, -0.1) is 0 Å². The molecule has 1 aliphatic heterocycles. The van der Waals surface area contributed by atoms with Crippen molar-refractivity contribution in [2.24, 2.45) is 0 Å². The van der Waals surface area contributed by atoms with E-state index >= 15 is 4.39 Å². The van der Waals surface area contributed by atoms with E-state index in [-0.39, 0.29) is 34.9 Å². The van der Waals surface area contributed by atoms with E-state index in [1.165, 1.54) is 30.3 Å². The maximum Gasteiger partial charge on any atom is 0.343 e. The van der Waals surface area contributed by atoms with Crippen LogP contribution in [0.15, 0.2) is 59.5 Å². The maximum absolute atomic E-state index is 15.1. The van der Waals surface area contributed by atoms with E-state index in [1.807, 2.05) is 0 Å². The van der Waals surface area contributed by atoms with Crippen molar-refractivity contribution in [3.05, 3.63) is 86.5 Å². The summed E-state index contributed by atoms with van der Waals surface area (Å²) in [6.07, 6.45) is 1.02. The summed E-state index contributed by atoms with van der Waals surface area (Å²) in [7, 11) is 2.59. The molecule has 10 nitrogen and oxygen atoms in total. The molecule has 0 aliphatic carbocycles. The third-order valence-corrected chi connectivity index (χ3v) is 6.59. The first-order valence-corrected chi connectivity index (χ1v) is 12.3. The minimum Gasteiger partial charge on any atom is -0.465 e. The van der Waals surface area contributed by atoms with Crippen LogP contribution in [-0.4, -0.2) is 60.3 Å². The number of hydrogen-bond donors (Lipinski definition) is 2. The van der Waals surface area contributed by atoms with Gasteiger partial charge in [-0.2, -0.15) is 0 Å². The van der Waals surface area contributed by atoms with E-state index in [9.17, 15) is 19.2 Å². The monoisotopic (exact) mass is 576 g/mol. The van der Waals surface area contributed by atoms with Crippen LogP contribution < -0.4 is 16.2 Å². The van der Waals surface area contributed by atoms with Crippen molar-refractivity contribution in [2.75, 3.05) is 31.4 Å². The summed E-state index contributed by atoms with van der Waals surface area (Å²) < 4.78 is 26.0. The topological polar surface area (TPSA) is 119 Å². The molecule has 13 heteroatoms. The number of amides is 3. The summed E-state index contributed by atoms with van der Waals surface area (Å²) in [6, 6.07) is 9.78. The first-order valence-electron chi connectivity index (χ1n) is 11.6. The molecule has 4 rings (SSSR count). The second kappa shape index (κ2) is 11.9. The summed E-state index contributed by atoms with van der Waals surface area (Å²) in [5, 5.41) is 5.77. The molecular weight excluding hydrogens is 554 g/mol. The van der Waals surface area contributed by atoms with Crippen molar-refractivity contribution < 1.29 is 28.2 Å². The van der Waals surface area contributed by atoms with Gasteiger partial charge < -0.3 is 25.0 Å². The lowest BCUT2D eigenvalue weighted by atomic mass is 10.1. The van der Waals surface area contributed by atoms with Gasteiger partial charge >= 0.3 is 12.0 Å². The number of methoxy groups -OCH3 is 2. The van der Waals surface area contributed by atoms with Crippen molar-refractivity contribution in [3.63, 3.8) is 0 Å². The Hall–Kier alpha value is -3.93. The summed E-state index contributed by atoms with van der Waals surface area (Å²) >= 11 is 11.9. The van der Waals surface area contributed by atoms with E-state index in [2.05, 4.69) is 15.4 Å². The number of halogens is 3. The zero-order valence-corrected chi connectivity index (χ0v) is 22.3. The van der Waals surface area contributed by atoms with Gasteiger partial charge in [0.25, 0.3) is 5.56 Å². The molecule has 39 heavy (non-hydrogen) atoms. The minimum atomic E-state index is -0.945. The average molecular weight is 577 g/mol. The maximum atomic E-state index is 15.1. The molecular formula is C26H23Cl2FN4O6. The van der Waals surface area contributed by atoms with Crippen molar-refractivity contribution in [1.82, 2.24) is 9.47 Å². The Balaban J connectivity index is 1.54. The van der Waals surface area contributed by atoms with Crippen LogP contribution >= 0.6 is 23.2 Å². The fourth-order valence-corrected chi connectivity index (χ4v) is 4.47. The number of likely N-dealkylation sites (tertiary alicyclic amines) is 1. The molecule has 1 fully saturated rings. The summed E-state index contributed by atoms with van der Waals surface area (Å²) in [5.74, 6) is -2.37. The molecule has 0 saturated carbocycles. The fraction of sp³-hybridized carbons (Fsp3) is 0.231. The van der Waals surface area contributed by atoms with Crippen LogP contribution in [0.3, 0.4) is 0 Å². The van der Waals surface area contributed by atoms with Crippen LogP contribution in [0.25, 0.3) is 5.69 Å². The summed E-state index contributed by atoms with van der Waals surface area (Å²) in [6.45, 7) is 0.148. The summed E-state index contributed by atoms with van der Waals surface area (Å²) in [5.41, 5.74) is -0.717. The number of carbonyl (C=O) groups is 3. The molecule has 2 heterocycles. The average Bonchev–Trinajstić information content (AvgIpc) is 3.37. The van der Waals surface area contributed by atoms with Crippen molar-refractivity contribution in [1.29, 1.82) is 0 Å². The molecule has 3 amide bonds. The Morgan fingerprint density at radius 3 is 2.36 bits per heavy atom. The van der Waals surface area contributed by atoms with E-state index in [0.717, 1.165) is 23.8 Å². The van der Waals surface area contributed by atoms with E-state index in [1.54, 1.807) is 24.3 Å². The number of esters is 1. The number of ether oxygens (including phenoxy) is 2. The number of benzene rings is 2. The van der Waals surface area contributed by atoms with Gasteiger partial charge in [0.2, 0.25) is 5.91 Å². The lowest BCUT2D eigenvalue weighted by Crippen LogP contribution is -2.45. The van der Waals surface area contributed by atoms with Gasteiger partial charge in [0.15, 0.2) is 0 Å².